The maximum absolute atomic E-state index is 12.3. The van der Waals surface area contributed by atoms with Gasteiger partial charge < -0.3 is 10.6 Å². The Morgan fingerprint density at radius 2 is 2.00 bits per heavy atom. The van der Waals surface area contributed by atoms with Crippen LogP contribution in [0.2, 0.25) is 0 Å². The van der Waals surface area contributed by atoms with Crippen LogP contribution in [0.15, 0.2) is 17.3 Å². The molecule has 20 heavy (non-hydrogen) atoms. The van der Waals surface area contributed by atoms with E-state index in [0.717, 1.165) is 25.9 Å². The first-order chi connectivity index (χ1) is 9.54. The van der Waals surface area contributed by atoms with Crippen LogP contribution in [-0.2, 0) is 10.0 Å². The van der Waals surface area contributed by atoms with E-state index >= 15 is 0 Å². The lowest BCUT2D eigenvalue weighted by Gasteiger charge is -2.34. The Morgan fingerprint density at radius 1 is 1.25 bits per heavy atom. The number of hydrogen-bond donors (Lipinski definition) is 2. The molecule has 2 unspecified atom stereocenters. The standard InChI is InChI=1S/C12H19N5O2S/c13-12-14-7-11(8-15-12)20(18,19)16-9-3-5-17-4-1-2-10(17)6-9/h7-10,16H,1-6H2,(H2,13,14,15). The van der Waals surface area contributed by atoms with Crippen molar-refractivity contribution in [2.45, 2.75) is 42.7 Å². The molecule has 1 aromatic rings. The zero-order valence-corrected chi connectivity index (χ0v) is 12.0. The Kier molecular flexibility index (Phi) is 3.61. The second-order valence-corrected chi connectivity index (χ2v) is 7.17. The summed E-state index contributed by atoms with van der Waals surface area (Å²) in [4.78, 5) is 9.99. The molecule has 0 radical (unpaired) electrons. The highest BCUT2D eigenvalue weighted by atomic mass is 32.2. The maximum Gasteiger partial charge on any atom is 0.243 e. The summed E-state index contributed by atoms with van der Waals surface area (Å²) in [5.41, 5.74) is 5.37. The van der Waals surface area contributed by atoms with Crippen LogP contribution in [0.25, 0.3) is 0 Å². The molecule has 0 bridgehead atoms. The minimum Gasteiger partial charge on any atom is -0.368 e. The number of rotatable bonds is 3. The van der Waals surface area contributed by atoms with Crippen molar-refractivity contribution in [3.05, 3.63) is 12.4 Å². The summed E-state index contributed by atoms with van der Waals surface area (Å²) in [7, 11) is -3.55. The Labute approximate surface area is 118 Å². The van der Waals surface area contributed by atoms with E-state index in [0.29, 0.717) is 6.04 Å². The number of sulfonamides is 1. The maximum atomic E-state index is 12.3. The normalized spacial score (nSPS) is 27.4. The van der Waals surface area contributed by atoms with Crippen molar-refractivity contribution < 1.29 is 8.42 Å². The lowest BCUT2D eigenvalue weighted by molar-refractivity contribution is 0.176. The van der Waals surface area contributed by atoms with Gasteiger partial charge in [0.15, 0.2) is 0 Å². The highest BCUT2D eigenvalue weighted by Crippen LogP contribution is 2.27. The van der Waals surface area contributed by atoms with Gasteiger partial charge in [0.05, 0.1) is 12.4 Å². The molecule has 110 valence electrons. The van der Waals surface area contributed by atoms with Gasteiger partial charge in [-0.3, -0.25) is 0 Å². The van der Waals surface area contributed by atoms with Crippen LogP contribution in [0.4, 0.5) is 5.95 Å². The molecular formula is C12H19N5O2S. The summed E-state index contributed by atoms with van der Waals surface area (Å²) in [5.74, 6) is 0.0724. The molecule has 2 aliphatic heterocycles. The second-order valence-electron chi connectivity index (χ2n) is 5.45. The zero-order chi connectivity index (χ0) is 14.2. The first-order valence-electron chi connectivity index (χ1n) is 6.88. The van der Waals surface area contributed by atoms with Crippen LogP contribution >= 0.6 is 0 Å². The number of nitrogen functional groups attached to an aromatic ring is 1. The van der Waals surface area contributed by atoms with Gasteiger partial charge in [-0.15, -0.1) is 0 Å². The number of nitrogens with zero attached hydrogens (tertiary/aromatic N) is 3. The topological polar surface area (TPSA) is 101 Å². The van der Waals surface area contributed by atoms with Crippen molar-refractivity contribution in [3.8, 4) is 0 Å². The summed E-state index contributed by atoms with van der Waals surface area (Å²) in [6.45, 7) is 2.12. The summed E-state index contributed by atoms with van der Waals surface area (Å²) in [6.07, 6.45) is 6.62. The molecule has 3 N–H and O–H groups in total. The third-order valence-corrected chi connectivity index (χ3v) is 5.58. The van der Waals surface area contributed by atoms with Crippen molar-refractivity contribution >= 4 is 16.0 Å². The number of fused-ring (bicyclic) bond motifs is 1. The summed E-state index contributed by atoms with van der Waals surface area (Å²) < 4.78 is 27.3. The lowest BCUT2D eigenvalue weighted by atomic mass is 9.99. The van der Waals surface area contributed by atoms with Gasteiger partial charge in [0.1, 0.15) is 4.90 Å². The van der Waals surface area contributed by atoms with E-state index in [9.17, 15) is 8.42 Å². The average Bonchev–Trinajstić information content (AvgIpc) is 2.86. The average molecular weight is 297 g/mol. The van der Waals surface area contributed by atoms with E-state index < -0.39 is 10.0 Å². The van der Waals surface area contributed by atoms with E-state index in [1.807, 2.05) is 0 Å². The summed E-state index contributed by atoms with van der Waals surface area (Å²) in [6, 6.07) is 0.524. The molecule has 0 saturated carbocycles. The predicted molar refractivity (Wildman–Crippen MR) is 74.4 cm³/mol. The highest BCUT2D eigenvalue weighted by Gasteiger charge is 2.33. The predicted octanol–water partition coefficient (Wildman–Crippen LogP) is -0.0361. The van der Waals surface area contributed by atoms with E-state index in [2.05, 4.69) is 19.6 Å². The van der Waals surface area contributed by atoms with E-state index in [4.69, 9.17) is 5.73 Å². The fraction of sp³-hybridized carbons (Fsp3) is 0.667. The Bertz CT molecular complexity index is 574. The monoisotopic (exact) mass is 297 g/mol. The van der Waals surface area contributed by atoms with Crippen molar-refractivity contribution in [2.75, 3.05) is 18.8 Å². The van der Waals surface area contributed by atoms with E-state index in [1.165, 1.54) is 25.2 Å². The third-order valence-electron chi connectivity index (χ3n) is 4.10. The summed E-state index contributed by atoms with van der Waals surface area (Å²) >= 11 is 0. The third kappa shape index (κ3) is 2.77. The molecule has 0 aliphatic carbocycles. The van der Waals surface area contributed by atoms with Gasteiger partial charge in [0.2, 0.25) is 16.0 Å². The van der Waals surface area contributed by atoms with Crippen molar-refractivity contribution in [3.63, 3.8) is 0 Å². The van der Waals surface area contributed by atoms with Gasteiger partial charge in [-0.1, -0.05) is 0 Å². The molecule has 7 nitrogen and oxygen atoms in total. The van der Waals surface area contributed by atoms with Crippen LogP contribution in [-0.4, -0.2) is 48.5 Å². The number of hydrogen-bond acceptors (Lipinski definition) is 6. The molecule has 2 atom stereocenters. The SMILES string of the molecule is Nc1ncc(S(=O)(=O)NC2CCN3CCCC3C2)cn1. The Balaban J connectivity index is 1.69. The van der Waals surface area contributed by atoms with E-state index in [-0.39, 0.29) is 16.9 Å². The number of nitrogens with one attached hydrogen (secondary N) is 1. The molecule has 8 heteroatoms. The van der Waals surface area contributed by atoms with Crippen LogP contribution in [0, 0.1) is 0 Å². The molecule has 0 amide bonds. The van der Waals surface area contributed by atoms with Gasteiger partial charge in [-0.2, -0.15) is 0 Å². The number of anilines is 1. The Morgan fingerprint density at radius 3 is 2.75 bits per heavy atom. The molecule has 2 saturated heterocycles. The van der Waals surface area contributed by atoms with Crippen LogP contribution in [0.1, 0.15) is 25.7 Å². The van der Waals surface area contributed by atoms with Gasteiger partial charge >= 0.3 is 0 Å². The van der Waals surface area contributed by atoms with Crippen molar-refractivity contribution in [1.29, 1.82) is 0 Å². The van der Waals surface area contributed by atoms with Crippen molar-refractivity contribution in [1.82, 2.24) is 19.6 Å². The molecule has 2 aliphatic rings. The first kappa shape index (κ1) is 13.7. The van der Waals surface area contributed by atoms with Crippen LogP contribution < -0.4 is 10.5 Å². The lowest BCUT2D eigenvalue weighted by Crippen LogP contribution is -2.47. The smallest absolute Gasteiger partial charge is 0.243 e. The zero-order valence-electron chi connectivity index (χ0n) is 11.2. The highest BCUT2D eigenvalue weighted by molar-refractivity contribution is 7.89. The molecule has 3 heterocycles. The quantitative estimate of drug-likeness (QED) is 0.812. The molecule has 0 aromatic carbocycles. The second kappa shape index (κ2) is 5.27. The summed E-state index contributed by atoms with van der Waals surface area (Å²) in [5, 5.41) is 0. The van der Waals surface area contributed by atoms with Gasteiger partial charge in [-0.25, -0.2) is 23.1 Å². The first-order valence-corrected chi connectivity index (χ1v) is 8.37. The fourth-order valence-electron chi connectivity index (χ4n) is 3.08. The van der Waals surface area contributed by atoms with Gasteiger partial charge in [0.25, 0.3) is 0 Å². The largest absolute Gasteiger partial charge is 0.368 e. The number of aromatic nitrogens is 2. The number of piperidine rings is 1. The number of nitrogens with two attached hydrogens (primary N) is 1. The van der Waals surface area contributed by atoms with Gasteiger partial charge in [-0.05, 0) is 38.8 Å². The van der Waals surface area contributed by atoms with Crippen LogP contribution in [0.3, 0.4) is 0 Å². The Hall–Kier alpha value is -1.25. The minimum atomic E-state index is -3.55. The minimum absolute atomic E-state index is 0.00287. The van der Waals surface area contributed by atoms with Gasteiger partial charge in [0, 0.05) is 12.1 Å². The van der Waals surface area contributed by atoms with Crippen molar-refractivity contribution in [2.24, 2.45) is 0 Å². The molecule has 1 aromatic heterocycles. The molecular weight excluding hydrogens is 278 g/mol. The molecule has 0 spiro atoms. The molecule has 3 rings (SSSR count). The molecule has 2 fully saturated rings. The van der Waals surface area contributed by atoms with E-state index in [1.54, 1.807) is 0 Å². The fourth-order valence-corrected chi connectivity index (χ4v) is 4.26. The van der Waals surface area contributed by atoms with Crippen LogP contribution in [0.5, 0.6) is 0 Å².